The Kier molecular flexibility index (Phi) is 6.23. The van der Waals surface area contributed by atoms with Crippen molar-refractivity contribution in [3.8, 4) is 5.75 Å². The first-order valence-corrected chi connectivity index (χ1v) is 9.05. The fraction of sp³-hybridized carbons (Fsp3) is 0.500. The summed E-state index contributed by atoms with van der Waals surface area (Å²) in [6, 6.07) is 10.7. The Balaban J connectivity index is 1.96. The molecule has 0 radical (unpaired) electrons. The van der Waals surface area contributed by atoms with Crippen molar-refractivity contribution in [2.45, 2.75) is 58.9 Å². The van der Waals surface area contributed by atoms with Gasteiger partial charge in [-0.15, -0.1) is 0 Å². The molecule has 0 aliphatic carbocycles. The Morgan fingerprint density at radius 1 is 1.00 bits per heavy atom. The van der Waals surface area contributed by atoms with Gasteiger partial charge in [0.25, 0.3) is 0 Å². The molecule has 2 rings (SSSR count). The number of nitrogens with one attached hydrogen (secondary N) is 1. The summed E-state index contributed by atoms with van der Waals surface area (Å²) in [5, 5.41) is 3.40. The maximum atomic E-state index is 6.09. The van der Waals surface area contributed by atoms with Gasteiger partial charge >= 0.3 is 0 Å². The summed E-state index contributed by atoms with van der Waals surface area (Å²) in [4.78, 5) is 4.13. The number of ether oxygens (including phenoxy) is 1. The molecule has 1 aromatic carbocycles. The highest BCUT2D eigenvalue weighted by Gasteiger charge is 2.22. The molecule has 0 aliphatic rings. The summed E-state index contributed by atoms with van der Waals surface area (Å²) in [6.45, 7) is 15.7. The van der Waals surface area contributed by atoms with Gasteiger partial charge in [-0.1, -0.05) is 59.7 Å². The number of hydrogen-bond donors (Lipinski definition) is 1. The zero-order chi connectivity index (χ0) is 18.5. The van der Waals surface area contributed by atoms with E-state index in [1.807, 2.05) is 12.3 Å². The van der Waals surface area contributed by atoms with Gasteiger partial charge in [-0.25, -0.2) is 0 Å². The number of rotatable bonds is 6. The zero-order valence-corrected chi connectivity index (χ0v) is 16.5. The number of hydrogen-bond acceptors (Lipinski definition) is 3. The van der Waals surface area contributed by atoms with E-state index in [0.717, 1.165) is 18.8 Å². The molecule has 0 saturated carbocycles. The fourth-order valence-electron chi connectivity index (χ4n) is 2.68. The average Bonchev–Trinajstić information content (AvgIpc) is 2.53. The van der Waals surface area contributed by atoms with Crippen LogP contribution in [0.5, 0.6) is 5.75 Å². The van der Waals surface area contributed by atoms with Crippen LogP contribution in [0.2, 0.25) is 0 Å². The first kappa shape index (κ1) is 19.5. The lowest BCUT2D eigenvalue weighted by molar-refractivity contribution is 0.305. The maximum absolute atomic E-state index is 6.09. The molecular formula is C22H32N2O. The van der Waals surface area contributed by atoms with Crippen molar-refractivity contribution < 1.29 is 4.74 Å². The van der Waals surface area contributed by atoms with Crippen molar-refractivity contribution in [3.63, 3.8) is 0 Å². The molecule has 0 saturated heterocycles. The minimum Gasteiger partial charge on any atom is -0.492 e. The van der Waals surface area contributed by atoms with E-state index >= 15 is 0 Å². The quantitative estimate of drug-likeness (QED) is 0.764. The van der Waals surface area contributed by atoms with Crippen LogP contribution in [0.4, 0.5) is 0 Å². The first-order chi connectivity index (χ1) is 11.7. The summed E-state index contributed by atoms with van der Waals surface area (Å²) >= 11 is 0. The van der Waals surface area contributed by atoms with Crippen molar-refractivity contribution in [1.29, 1.82) is 0 Å². The van der Waals surface area contributed by atoms with Crippen LogP contribution in [0, 0.1) is 0 Å². The lowest BCUT2D eigenvalue weighted by atomic mass is 9.80. The van der Waals surface area contributed by atoms with E-state index < -0.39 is 0 Å². The summed E-state index contributed by atoms with van der Waals surface area (Å²) < 4.78 is 6.09. The molecule has 0 spiro atoms. The highest BCUT2D eigenvalue weighted by atomic mass is 16.5. The summed E-state index contributed by atoms with van der Waals surface area (Å²) in [5.41, 5.74) is 4.00. The van der Waals surface area contributed by atoms with Gasteiger partial charge in [0.2, 0.25) is 0 Å². The lowest BCUT2D eigenvalue weighted by Crippen LogP contribution is -2.22. The van der Waals surface area contributed by atoms with Crippen LogP contribution >= 0.6 is 0 Å². The molecule has 3 nitrogen and oxygen atoms in total. The van der Waals surface area contributed by atoms with Crippen LogP contribution in [-0.2, 0) is 17.4 Å². The van der Waals surface area contributed by atoms with Crippen LogP contribution < -0.4 is 10.1 Å². The van der Waals surface area contributed by atoms with Crippen molar-refractivity contribution in [1.82, 2.24) is 10.3 Å². The van der Waals surface area contributed by atoms with Crippen LogP contribution in [0.15, 0.2) is 42.7 Å². The van der Waals surface area contributed by atoms with Crippen molar-refractivity contribution >= 4 is 0 Å². The zero-order valence-electron chi connectivity index (χ0n) is 16.5. The van der Waals surface area contributed by atoms with Gasteiger partial charge in [-0.3, -0.25) is 4.98 Å². The van der Waals surface area contributed by atoms with E-state index in [-0.39, 0.29) is 10.8 Å². The van der Waals surface area contributed by atoms with Gasteiger partial charge in [0, 0.05) is 25.5 Å². The smallest absolute Gasteiger partial charge is 0.123 e. The highest BCUT2D eigenvalue weighted by molar-refractivity contribution is 5.43. The minimum atomic E-state index is 0.0553. The second kappa shape index (κ2) is 8.01. The van der Waals surface area contributed by atoms with E-state index in [1.165, 1.54) is 16.7 Å². The molecule has 1 heterocycles. The van der Waals surface area contributed by atoms with Crippen LogP contribution in [-0.4, -0.2) is 18.1 Å². The predicted molar refractivity (Wildman–Crippen MR) is 105 cm³/mol. The summed E-state index contributed by atoms with van der Waals surface area (Å²) in [5.74, 6) is 0.990. The molecule has 0 amide bonds. The number of benzene rings is 1. The first-order valence-electron chi connectivity index (χ1n) is 9.05. The third-order valence-electron chi connectivity index (χ3n) is 4.24. The summed E-state index contributed by atoms with van der Waals surface area (Å²) in [7, 11) is 0. The maximum Gasteiger partial charge on any atom is 0.123 e. The van der Waals surface area contributed by atoms with E-state index in [2.05, 4.69) is 76.1 Å². The Hall–Kier alpha value is -1.87. The monoisotopic (exact) mass is 340 g/mol. The van der Waals surface area contributed by atoms with Gasteiger partial charge in [0.1, 0.15) is 12.4 Å². The van der Waals surface area contributed by atoms with E-state index in [0.29, 0.717) is 6.61 Å². The van der Waals surface area contributed by atoms with Crippen molar-refractivity contribution in [2.75, 3.05) is 13.2 Å². The largest absolute Gasteiger partial charge is 0.492 e. The second-order valence-corrected chi connectivity index (χ2v) is 8.60. The average molecular weight is 341 g/mol. The Bertz CT molecular complexity index is 667. The molecule has 0 atom stereocenters. The molecule has 2 aromatic rings. The molecular weight excluding hydrogens is 308 g/mol. The van der Waals surface area contributed by atoms with Gasteiger partial charge in [0.05, 0.1) is 0 Å². The van der Waals surface area contributed by atoms with Crippen LogP contribution in [0.25, 0.3) is 0 Å². The van der Waals surface area contributed by atoms with Crippen LogP contribution in [0.1, 0.15) is 58.2 Å². The van der Waals surface area contributed by atoms with E-state index in [9.17, 15) is 0 Å². The molecule has 0 fully saturated rings. The minimum absolute atomic E-state index is 0.0553. The van der Waals surface area contributed by atoms with Gasteiger partial charge in [-0.05, 0) is 39.7 Å². The van der Waals surface area contributed by atoms with Crippen LogP contribution in [0.3, 0.4) is 0 Å². The molecule has 0 unspecified atom stereocenters. The Morgan fingerprint density at radius 3 is 2.36 bits per heavy atom. The second-order valence-electron chi connectivity index (χ2n) is 8.60. The number of aromatic nitrogens is 1. The fourth-order valence-corrected chi connectivity index (χ4v) is 2.68. The van der Waals surface area contributed by atoms with Gasteiger partial charge in [0.15, 0.2) is 0 Å². The SMILES string of the molecule is CC(C)(C)c1ccc(OCCNCc2cccnc2)c(C(C)(C)C)c1. The topological polar surface area (TPSA) is 34.1 Å². The number of nitrogens with zero attached hydrogens (tertiary/aromatic N) is 1. The van der Waals surface area contributed by atoms with E-state index in [4.69, 9.17) is 4.74 Å². The molecule has 0 bridgehead atoms. The molecule has 136 valence electrons. The normalized spacial score (nSPS) is 12.2. The van der Waals surface area contributed by atoms with E-state index in [1.54, 1.807) is 6.20 Å². The van der Waals surface area contributed by atoms with Crippen molar-refractivity contribution in [2.24, 2.45) is 0 Å². The van der Waals surface area contributed by atoms with Gasteiger partial charge < -0.3 is 10.1 Å². The van der Waals surface area contributed by atoms with Crippen molar-refractivity contribution in [3.05, 3.63) is 59.4 Å². The lowest BCUT2D eigenvalue weighted by Gasteiger charge is -2.27. The molecule has 3 heteroatoms. The molecule has 0 aliphatic heterocycles. The standard InChI is InChI=1S/C22H32N2O/c1-21(2,3)18-9-10-20(19(14-18)22(4,5)6)25-13-12-24-16-17-8-7-11-23-15-17/h7-11,14-15,24H,12-13,16H2,1-6H3. The highest BCUT2D eigenvalue weighted by Crippen LogP contribution is 2.35. The molecule has 1 aromatic heterocycles. The third kappa shape index (κ3) is 5.86. The predicted octanol–water partition coefficient (Wildman–Crippen LogP) is 4.85. The Morgan fingerprint density at radius 2 is 1.76 bits per heavy atom. The number of pyridine rings is 1. The summed E-state index contributed by atoms with van der Waals surface area (Å²) in [6.07, 6.45) is 3.68. The Labute approximate surface area is 152 Å². The molecule has 25 heavy (non-hydrogen) atoms. The third-order valence-corrected chi connectivity index (χ3v) is 4.24. The molecule has 1 N–H and O–H groups in total. The van der Waals surface area contributed by atoms with Gasteiger partial charge in [-0.2, -0.15) is 0 Å².